The largest absolute Gasteiger partial charge is 0.377 e. The topological polar surface area (TPSA) is 64.7 Å². The smallest absolute Gasteiger partial charge is 0.318 e. The van der Waals surface area contributed by atoms with Gasteiger partial charge in [-0.1, -0.05) is 27.7 Å². The molecule has 30 heavy (non-hydrogen) atoms. The van der Waals surface area contributed by atoms with E-state index in [1.54, 1.807) is 0 Å². The molecule has 0 saturated carbocycles. The van der Waals surface area contributed by atoms with Crippen molar-refractivity contribution in [2.24, 2.45) is 5.41 Å². The minimum Gasteiger partial charge on any atom is -0.377 e. The summed E-state index contributed by atoms with van der Waals surface area (Å²) in [4.78, 5) is 29.3. The van der Waals surface area contributed by atoms with Crippen LogP contribution in [0.25, 0.3) is 0 Å². The van der Waals surface area contributed by atoms with Crippen LogP contribution in [-0.2, 0) is 11.3 Å². The van der Waals surface area contributed by atoms with Gasteiger partial charge in [-0.3, -0.25) is 4.79 Å². The van der Waals surface area contributed by atoms with Gasteiger partial charge in [0.2, 0.25) is 5.91 Å². The van der Waals surface area contributed by atoms with E-state index in [9.17, 15) is 9.59 Å². The number of anilines is 2. The minimum absolute atomic E-state index is 0.00434. The third-order valence-electron chi connectivity index (χ3n) is 4.74. The number of urea groups is 1. The zero-order valence-electron chi connectivity index (χ0n) is 20.6. The van der Waals surface area contributed by atoms with E-state index in [4.69, 9.17) is 0 Å². The van der Waals surface area contributed by atoms with Gasteiger partial charge < -0.3 is 20.4 Å². The highest BCUT2D eigenvalue weighted by atomic mass is 16.2. The third-order valence-corrected chi connectivity index (χ3v) is 4.74. The molecule has 0 saturated heterocycles. The zero-order valence-corrected chi connectivity index (χ0v) is 20.6. The lowest BCUT2D eigenvalue weighted by Gasteiger charge is -2.33. The van der Waals surface area contributed by atoms with Crippen LogP contribution >= 0.6 is 0 Å². The zero-order chi connectivity index (χ0) is 23.3. The van der Waals surface area contributed by atoms with E-state index in [2.05, 4.69) is 24.5 Å². The van der Waals surface area contributed by atoms with Crippen LogP contribution in [0.2, 0.25) is 0 Å². The molecule has 0 aliphatic carbocycles. The lowest BCUT2D eigenvalue weighted by Crippen LogP contribution is -2.51. The number of nitrogens with zero attached hydrogens (tertiary/aromatic N) is 2. The molecule has 0 unspecified atom stereocenters. The lowest BCUT2D eigenvalue weighted by molar-refractivity contribution is -0.117. The molecule has 0 spiro atoms. The molecule has 0 aliphatic heterocycles. The average Bonchev–Trinajstić information content (AvgIpc) is 2.55. The van der Waals surface area contributed by atoms with Crippen molar-refractivity contribution in [1.29, 1.82) is 0 Å². The number of nitrogens with one attached hydrogen (secondary N) is 2. The monoisotopic (exact) mass is 418 g/mol. The van der Waals surface area contributed by atoms with Crippen molar-refractivity contribution < 1.29 is 9.59 Å². The number of amides is 3. The number of hydrogen-bond acceptors (Lipinski definition) is 3. The molecule has 2 N–H and O–H groups in total. The summed E-state index contributed by atoms with van der Waals surface area (Å²) in [6.45, 7) is 16.7. The first kappa shape index (κ1) is 25.8. The Morgan fingerprint density at radius 3 is 2.13 bits per heavy atom. The Morgan fingerprint density at radius 2 is 1.67 bits per heavy atom. The molecule has 0 radical (unpaired) electrons. The number of carbonyl (C=O) groups excluding carboxylic acids is 2. The SMILES string of the molecule is CC[C@@H](C)N(Cc1cc(NC(=O)CC(C)(C)C)ccc1N(C)C)C(=O)NC(C)(C)C. The maximum absolute atomic E-state index is 13.0. The number of benzene rings is 1. The Morgan fingerprint density at radius 1 is 1.07 bits per heavy atom. The second-order valence-electron chi connectivity index (χ2n) is 10.6. The molecule has 6 heteroatoms. The Kier molecular flexibility index (Phi) is 8.76. The second-order valence-corrected chi connectivity index (χ2v) is 10.6. The predicted octanol–water partition coefficient (Wildman–Crippen LogP) is 5.24. The van der Waals surface area contributed by atoms with Crippen LogP contribution in [0.15, 0.2) is 18.2 Å². The van der Waals surface area contributed by atoms with Crippen molar-refractivity contribution in [3.8, 4) is 0 Å². The van der Waals surface area contributed by atoms with Crippen LogP contribution in [0.3, 0.4) is 0 Å². The summed E-state index contributed by atoms with van der Waals surface area (Å²) in [5.41, 5.74) is 2.40. The van der Waals surface area contributed by atoms with Crippen LogP contribution in [-0.4, -0.2) is 42.5 Å². The van der Waals surface area contributed by atoms with Crippen molar-refractivity contribution in [1.82, 2.24) is 10.2 Å². The molecule has 3 amide bonds. The molecular weight excluding hydrogens is 376 g/mol. The Balaban J connectivity index is 3.20. The first-order valence-corrected chi connectivity index (χ1v) is 10.8. The highest BCUT2D eigenvalue weighted by Crippen LogP contribution is 2.27. The van der Waals surface area contributed by atoms with Gasteiger partial charge in [0.1, 0.15) is 0 Å². The Hall–Kier alpha value is -2.24. The molecule has 0 fully saturated rings. The fraction of sp³-hybridized carbons (Fsp3) is 0.667. The van der Waals surface area contributed by atoms with Gasteiger partial charge in [0, 0.05) is 50.0 Å². The van der Waals surface area contributed by atoms with Crippen molar-refractivity contribution in [2.75, 3.05) is 24.3 Å². The van der Waals surface area contributed by atoms with Crippen molar-refractivity contribution in [3.63, 3.8) is 0 Å². The van der Waals surface area contributed by atoms with Gasteiger partial charge >= 0.3 is 6.03 Å². The normalized spacial score (nSPS) is 12.9. The summed E-state index contributed by atoms with van der Waals surface area (Å²) in [5, 5.41) is 6.09. The average molecular weight is 419 g/mol. The molecule has 1 aromatic carbocycles. The fourth-order valence-corrected chi connectivity index (χ4v) is 3.14. The van der Waals surface area contributed by atoms with Gasteiger partial charge in [-0.2, -0.15) is 0 Å². The van der Waals surface area contributed by atoms with Gasteiger partial charge in [0.25, 0.3) is 0 Å². The molecule has 1 atom stereocenters. The summed E-state index contributed by atoms with van der Waals surface area (Å²) in [6, 6.07) is 5.90. The third kappa shape index (κ3) is 8.64. The summed E-state index contributed by atoms with van der Waals surface area (Å²) in [6.07, 6.45) is 1.31. The van der Waals surface area contributed by atoms with Gasteiger partial charge in [-0.05, 0) is 63.3 Å². The molecule has 6 nitrogen and oxygen atoms in total. The van der Waals surface area contributed by atoms with Gasteiger partial charge in [0.15, 0.2) is 0 Å². The van der Waals surface area contributed by atoms with Gasteiger partial charge in [-0.15, -0.1) is 0 Å². The highest BCUT2D eigenvalue weighted by Gasteiger charge is 2.25. The molecule has 0 heterocycles. The molecule has 170 valence electrons. The maximum Gasteiger partial charge on any atom is 0.318 e. The number of hydrogen-bond donors (Lipinski definition) is 2. The summed E-state index contributed by atoms with van der Waals surface area (Å²) < 4.78 is 0. The predicted molar refractivity (Wildman–Crippen MR) is 127 cm³/mol. The first-order valence-electron chi connectivity index (χ1n) is 10.8. The summed E-state index contributed by atoms with van der Waals surface area (Å²) in [5.74, 6) is -0.00434. The first-order chi connectivity index (χ1) is 13.6. The van der Waals surface area contributed by atoms with E-state index in [-0.39, 0.29) is 28.9 Å². The Bertz CT molecular complexity index is 730. The molecule has 1 aromatic rings. The minimum atomic E-state index is -0.310. The van der Waals surface area contributed by atoms with E-state index in [0.29, 0.717) is 13.0 Å². The van der Waals surface area contributed by atoms with Crippen molar-refractivity contribution in [2.45, 2.75) is 86.4 Å². The van der Waals surface area contributed by atoms with Crippen LogP contribution in [0, 0.1) is 5.41 Å². The molecule has 1 rings (SSSR count). The lowest BCUT2D eigenvalue weighted by atomic mass is 9.92. The van der Waals surface area contributed by atoms with Gasteiger partial charge in [0.05, 0.1) is 0 Å². The second kappa shape index (κ2) is 10.2. The van der Waals surface area contributed by atoms with Crippen LogP contribution in [0.4, 0.5) is 16.2 Å². The standard InChI is InChI=1S/C24H42N4O2/c1-11-17(2)28(22(30)26-24(6,7)8)16-18-14-19(12-13-20(18)27(9)10)25-21(29)15-23(3,4)5/h12-14,17H,11,15-16H2,1-10H3,(H,25,29)(H,26,30)/t17-/m1/s1. The Labute approximate surface area is 183 Å². The molecule has 0 bridgehead atoms. The van der Waals surface area contributed by atoms with Crippen LogP contribution < -0.4 is 15.5 Å². The van der Waals surface area contributed by atoms with Crippen molar-refractivity contribution in [3.05, 3.63) is 23.8 Å². The fourth-order valence-electron chi connectivity index (χ4n) is 3.14. The van der Waals surface area contributed by atoms with Gasteiger partial charge in [-0.25, -0.2) is 4.79 Å². The number of rotatable bonds is 7. The van der Waals surface area contributed by atoms with E-state index in [1.165, 1.54) is 0 Å². The number of carbonyl (C=O) groups is 2. The molecule has 0 aromatic heterocycles. The molecular formula is C24H42N4O2. The maximum atomic E-state index is 13.0. The van der Waals surface area contributed by atoms with E-state index >= 15 is 0 Å². The van der Waals surface area contributed by atoms with E-state index in [1.807, 2.05) is 83.6 Å². The molecule has 0 aliphatic rings. The van der Waals surface area contributed by atoms with Crippen LogP contribution in [0.5, 0.6) is 0 Å². The summed E-state index contributed by atoms with van der Waals surface area (Å²) >= 11 is 0. The summed E-state index contributed by atoms with van der Waals surface area (Å²) in [7, 11) is 3.97. The quantitative estimate of drug-likeness (QED) is 0.637. The van der Waals surface area contributed by atoms with E-state index < -0.39 is 0 Å². The highest BCUT2D eigenvalue weighted by molar-refractivity contribution is 5.91. The van der Waals surface area contributed by atoms with Crippen molar-refractivity contribution >= 4 is 23.3 Å². The van der Waals surface area contributed by atoms with Crippen LogP contribution in [0.1, 0.15) is 73.8 Å². The van der Waals surface area contributed by atoms with E-state index in [0.717, 1.165) is 23.4 Å².